The quantitative estimate of drug-likeness (QED) is 0.857. The summed E-state index contributed by atoms with van der Waals surface area (Å²) < 4.78 is 5.50. The molecule has 0 unspecified atom stereocenters. The maximum atomic E-state index is 5.50. The normalized spacial score (nSPS) is 19.6. The summed E-state index contributed by atoms with van der Waals surface area (Å²) in [5.74, 6) is 1.38. The van der Waals surface area contributed by atoms with E-state index in [1.165, 1.54) is 24.0 Å². The molecule has 106 valence electrons. The number of hydrogen-bond acceptors (Lipinski definition) is 4. The van der Waals surface area contributed by atoms with Gasteiger partial charge in [-0.15, -0.1) is 10.2 Å². The topological polar surface area (TPSA) is 42.2 Å². The zero-order valence-electron chi connectivity index (χ0n) is 12.2. The maximum Gasteiger partial charge on any atom is 0.230 e. The molecule has 3 rings (SSSR count). The second-order valence-corrected chi connectivity index (χ2v) is 5.67. The molecule has 4 heteroatoms. The van der Waals surface area contributed by atoms with Crippen molar-refractivity contribution in [2.24, 2.45) is 0 Å². The molecule has 1 aromatic carbocycles. The Hall–Kier alpha value is -1.68. The predicted molar refractivity (Wildman–Crippen MR) is 77.4 cm³/mol. The van der Waals surface area contributed by atoms with Gasteiger partial charge >= 0.3 is 0 Å². The number of aromatic nitrogens is 2. The molecule has 0 bridgehead atoms. The third kappa shape index (κ3) is 3.07. The van der Waals surface area contributed by atoms with E-state index in [9.17, 15) is 0 Å². The molecule has 1 aromatic heterocycles. The Labute approximate surface area is 119 Å². The zero-order chi connectivity index (χ0) is 13.9. The van der Waals surface area contributed by atoms with E-state index in [1.807, 2.05) is 6.92 Å². The predicted octanol–water partition coefficient (Wildman–Crippen LogP) is 2.89. The van der Waals surface area contributed by atoms with Gasteiger partial charge in [-0.25, -0.2) is 0 Å². The molecule has 0 amide bonds. The summed E-state index contributed by atoms with van der Waals surface area (Å²) in [5.41, 5.74) is 2.73. The largest absolute Gasteiger partial charge is 0.424 e. The van der Waals surface area contributed by atoms with Gasteiger partial charge < -0.3 is 4.42 Å². The summed E-state index contributed by atoms with van der Waals surface area (Å²) in [5, 5.41) is 8.01. The van der Waals surface area contributed by atoms with Crippen LogP contribution in [0.1, 0.15) is 35.7 Å². The van der Waals surface area contributed by atoms with Crippen LogP contribution in [0.2, 0.25) is 0 Å². The van der Waals surface area contributed by atoms with Gasteiger partial charge in [0.05, 0.1) is 6.54 Å². The van der Waals surface area contributed by atoms with Gasteiger partial charge in [0.2, 0.25) is 11.8 Å². The average Bonchev–Trinajstić information content (AvgIpc) is 3.03. The van der Waals surface area contributed by atoms with Gasteiger partial charge in [-0.1, -0.05) is 29.8 Å². The lowest BCUT2D eigenvalue weighted by Gasteiger charge is -2.22. The van der Waals surface area contributed by atoms with E-state index in [0.717, 1.165) is 25.4 Å². The van der Waals surface area contributed by atoms with Crippen molar-refractivity contribution >= 4 is 0 Å². The maximum absolute atomic E-state index is 5.50. The van der Waals surface area contributed by atoms with Crippen LogP contribution in [0.3, 0.4) is 0 Å². The average molecular weight is 271 g/mol. The number of nitrogens with zero attached hydrogens (tertiary/aromatic N) is 3. The number of benzene rings is 1. The lowest BCUT2D eigenvalue weighted by molar-refractivity contribution is 0.219. The van der Waals surface area contributed by atoms with Crippen LogP contribution in [0.25, 0.3) is 0 Å². The standard InChI is InChI=1S/C16H21N3O/c1-12-5-7-14(8-6-12)10-15-4-3-9-19(15)11-16-18-17-13(2)20-16/h5-8,15H,3-4,9-11H2,1-2H3/t15-/m1/s1. The third-order valence-corrected chi connectivity index (χ3v) is 4.00. The number of hydrogen-bond donors (Lipinski definition) is 0. The molecule has 1 aliphatic rings. The van der Waals surface area contributed by atoms with Crippen LogP contribution in [-0.4, -0.2) is 27.7 Å². The molecule has 1 saturated heterocycles. The van der Waals surface area contributed by atoms with E-state index in [2.05, 4.69) is 46.3 Å². The second-order valence-electron chi connectivity index (χ2n) is 5.67. The third-order valence-electron chi connectivity index (χ3n) is 4.00. The van der Waals surface area contributed by atoms with E-state index in [1.54, 1.807) is 0 Å². The van der Waals surface area contributed by atoms with Crippen molar-refractivity contribution in [3.63, 3.8) is 0 Å². The van der Waals surface area contributed by atoms with Crippen LogP contribution < -0.4 is 0 Å². The van der Waals surface area contributed by atoms with Crippen LogP contribution in [-0.2, 0) is 13.0 Å². The molecule has 0 radical (unpaired) electrons. The molecule has 0 N–H and O–H groups in total. The molecule has 20 heavy (non-hydrogen) atoms. The van der Waals surface area contributed by atoms with E-state index in [0.29, 0.717) is 11.9 Å². The Morgan fingerprint density at radius 2 is 2.00 bits per heavy atom. The van der Waals surface area contributed by atoms with Crippen molar-refractivity contribution in [3.8, 4) is 0 Å². The summed E-state index contributed by atoms with van der Waals surface area (Å²) in [7, 11) is 0. The van der Waals surface area contributed by atoms with Gasteiger partial charge in [-0.2, -0.15) is 0 Å². The Balaban J connectivity index is 1.64. The first-order valence-corrected chi connectivity index (χ1v) is 7.29. The summed E-state index contributed by atoms with van der Waals surface area (Å²) >= 11 is 0. The molecule has 1 fully saturated rings. The van der Waals surface area contributed by atoms with Gasteiger partial charge in [0.1, 0.15) is 0 Å². The molecule has 0 aliphatic carbocycles. The Morgan fingerprint density at radius 1 is 1.20 bits per heavy atom. The van der Waals surface area contributed by atoms with Gasteiger partial charge in [-0.3, -0.25) is 4.90 Å². The van der Waals surface area contributed by atoms with Crippen LogP contribution in [0.5, 0.6) is 0 Å². The van der Waals surface area contributed by atoms with Crippen molar-refractivity contribution in [1.29, 1.82) is 0 Å². The van der Waals surface area contributed by atoms with Crippen LogP contribution in [0.15, 0.2) is 28.7 Å². The van der Waals surface area contributed by atoms with Crippen molar-refractivity contribution in [3.05, 3.63) is 47.2 Å². The van der Waals surface area contributed by atoms with Crippen LogP contribution >= 0.6 is 0 Å². The summed E-state index contributed by atoms with van der Waals surface area (Å²) in [6.07, 6.45) is 3.61. The highest BCUT2D eigenvalue weighted by molar-refractivity contribution is 5.22. The van der Waals surface area contributed by atoms with Crippen molar-refractivity contribution < 1.29 is 4.42 Å². The minimum Gasteiger partial charge on any atom is -0.424 e. The Bertz CT molecular complexity index is 561. The van der Waals surface area contributed by atoms with E-state index < -0.39 is 0 Å². The van der Waals surface area contributed by atoms with Crippen LogP contribution in [0.4, 0.5) is 0 Å². The molecule has 1 atom stereocenters. The minimum absolute atomic E-state index is 0.588. The molecule has 0 saturated carbocycles. The second kappa shape index (κ2) is 5.75. The summed E-state index contributed by atoms with van der Waals surface area (Å²) in [6.45, 7) is 5.86. The molecule has 1 aliphatic heterocycles. The van der Waals surface area contributed by atoms with Gasteiger partial charge in [0, 0.05) is 13.0 Å². The smallest absolute Gasteiger partial charge is 0.230 e. The first kappa shape index (κ1) is 13.3. The SMILES string of the molecule is Cc1ccc(C[C@H]2CCCN2Cc2nnc(C)o2)cc1. The highest BCUT2D eigenvalue weighted by Crippen LogP contribution is 2.23. The van der Waals surface area contributed by atoms with Gasteiger partial charge in [0.15, 0.2) is 0 Å². The van der Waals surface area contributed by atoms with Crippen molar-refractivity contribution in [1.82, 2.24) is 15.1 Å². The van der Waals surface area contributed by atoms with Gasteiger partial charge in [-0.05, 0) is 38.3 Å². The fraction of sp³-hybridized carbons (Fsp3) is 0.500. The van der Waals surface area contributed by atoms with Crippen molar-refractivity contribution in [2.75, 3.05) is 6.54 Å². The number of aryl methyl sites for hydroxylation is 2. The highest BCUT2D eigenvalue weighted by atomic mass is 16.4. The Morgan fingerprint density at radius 3 is 2.70 bits per heavy atom. The fourth-order valence-electron chi connectivity index (χ4n) is 2.91. The molecule has 4 nitrogen and oxygen atoms in total. The van der Waals surface area contributed by atoms with Crippen molar-refractivity contribution in [2.45, 2.75) is 45.7 Å². The van der Waals surface area contributed by atoms with E-state index in [-0.39, 0.29) is 0 Å². The zero-order valence-corrected chi connectivity index (χ0v) is 12.2. The monoisotopic (exact) mass is 271 g/mol. The Kier molecular flexibility index (Phi) is 3.83. The van der Waals surface area contributed by atoms with Crippen LogP contribution in [0, 0.1) is 13.8 Å². The molecule has 2 aromatic rings. The molecular weight excluding hydrogens is 250 g/mol. The lowest BCUT2D eigenvalue weighted by Crippen LogP contribution is -2.30. The first-order chi connectivity index (χ1) is 9.70. The fourth-order valence-corrected chi connectivity index (χ4v) is 2.91. The minimum atomic E-state index is 0.588. The summed E-state index contributed by atoms with van der Waals surface area (Å²) in [6, 6.07) is 9.45. The molecule has 2 heterocycles. The first-order valence-electron chi connectivity index (χ1n) is 7.29. The van der Waals surface area contributed by atoms with E-state index >= 15 is 0 Å². The molecular formula is C16H21N3O. The van der Waals surface area contributed by atoms with E-state index in [4.69, 9.17) is 4.42 Å². The number of rotatable bonds is 4. The summed E-state index contributed by atoms with van der Waals surface area (Å²) in [4.78, 5) is 2.47. The van der Waals surface area contributed by atoms with Gasteiger partial charge in [0.25, 0.3) is 0 Å². The lowest BCUT2D eigenvalue weighted by atomic mass is 10.0. The number of likely N-dealkylation sites (tertiary alicyclic amines) is 1. The highest BCUT2D eigenvalue weighted by Gasteiger charge is 2.26. The molecule has 0 spiro atoms.